The van der Waals surface area contributed by atoms with Crippen LogP contribution in [0.1, 0.15) is 20.3 Å². The molecule has 0 aromatic rings. The molecule has 104 valence electrons. The van der Waals surface area contributed by atoms with Crippen LogP contribution in [0.4, 0.5) is 4.79 Å². The highest BCUT2D eigenvalue weighted by Crippen LogP contribution is 2.28. The molecular formula is C13H26N4O. The first-order valence-electron chi connectivity index (χ1n) is 7.02. The molecule has 2 aliphatic rings. The fourth-order valence-electron chi connectivity index (χ4n) is 2.42. The largest absolute Gasteiger partial charge is 0.335 e. The van der Waals surface area contributed by atoms with Gasteiger partial charge in [-0.25, -0.2) is 4.79 Å². The Morgan fingerprint density at radius 3 is 2.50 bits per heavy atom. The van der Waals surface area contributed by atoms with Crippen LogP contribution in [0.5, 0.6) is 0 Å². The van der Waals surface area contributed by atoms with Gasteiger partial charge in [-0.1, -0.05) is 6.92 Å². The molecule has 18 heavy (non-hydrogen) atoms. The van der Waals surface area contributed by atoms with Crippen molar-refractivity contribution in [3.05, 3.63) is 0 Å². The van der Waals surface area contributed by atoms with Crippen molar-refractivity contribution in [1.29, 1.82) is 0 Å². The first-order valence-corrected chi connectivity index (χ1v) is 7.02. The molecule has 1 saturated carbocycles. The van der Waals surface area contributed by atoms with Crippen molar-refractivity contribution in [1.82, 2.24) is 20.4 Å². The van der Waals surface area contributed by atoms with E-state index in [2.05, 4.69) is 41.3 Å². The summed E-state index contributed by atoms with van der Waals surface area (Å²) in [6.07, 6.45) is 1.13. The van der Waals surface area contributed by atoms with Crippen LogP contribution in [0.25, 0.3) is 0 Å². The number of nitrogens with one attached hydrogen (secondary N) is 2. The van der Waals surface area contributed by atoms with Crippen LogP contribution in [-0.2, 0) is 0 Å². The number of carbonyl (C=O) groups excluding carboxylic acids is 1. The number of nitrogens with zero attached hydrogens (tertiary/aromatic N) is 2. The van der Waals surface area contributed by atoms with E-state index in [0.29, 0.717) is 12.0 Å². The average molecular weight is 254 g/mol. The van der Waals surface area contributed by atoms with Gasteiger partial charge in [0.25, 0.3) is 0 Å². The van der Waals surface area contributed by atoms with Gasteiger partial charge >= 0.3 is 6.03 Å². The zero-order valence-corrected chi connectivity index (χ0v) is 11.8. The van der Waals surface area contributed by atoms with E-state index in [1.165, 1.54) is 0 Å². The molecule has 5 nitrogen and oxygen atoms in total. The lowest BCUT2D eigenvalue weighted by molar-refractivity contribution is 0.144. The Hall–Kier alpha value is -0.810. The van der Waals surface area contributed by atoms with E-state index >= 15 is 0 Å². The van der Waals surface area contributed by atoms with E-state index < -0.39 is 0 Å². The van der Waals surface area contributed by atoms with Gasteiger partial charge in [-0.05, 0) is 26.3 Å². The zero-order valence-electron chi connectivity index (χ0n) is 11.8. The molecule has 0 bridgehead atoms. The Kier molecular flexibility index (Phi) is 4.45. The summed E-state index contributed by atoms with van der Waals surface area (Å²) in [5.74, 6) is 0.656. The van der Waals surface area contributed by atoms with Gasteiger partial charge in [-0.3, -0.25) is 4.90 Å². The van der Waals surface area contributed by atoms with Gasteiger partial charge in [0.2, 0.25) is 0 Å². The second-order valence-corrected chi connectivity index (χ2v) is 5.94. The Bertz CT molecular complexity index is 289. The van der Waals surface area contributed by atoms with E-state index in [1.807, 2.05) is 0 Å². The predicted octanol–water partition coefficient (Wildman–Crippen LogP) is 0.330. The Morgan fingerprint density at radius 1 is 1.33 bits per heavy atom. The van der Waals surface area contributed by atoms with Crippen molar-refractivity contribution in [2.75, 3.05) is 39.8 Å². The monoisotopic (exact) mass is 254 g/mol. The van der Waals surface area contributed by atoms with Gasteiger partial charge in [0.15, 0.2) is 0 Å². The molecular weight excluding hydrogens is 228 g/mol. The third-order valence-corrected chi connectivity index (χ3v) is 3.93. The summed E-state index contributed by atoms with van der Waals surface area (Å²) >= 11 is 0. The van der Waals surface area contributed by atoms with Crippen molar-refractivity contribution >= 4 is 6.03 Å². The molecule has 0 radical (unpaired) electrons. The van der Waals surface area contributed by atoms with E-state index in [1.54, 1.807) is 0 Å². The molecule has 0 spiro atoms. The number of piperazine rings is 1. The van der Waals surface area contributed by atoms with Crippen molar-refractivity contribution in [2.45, 2.75) is 32.4 Å². The van der Waals surface area contributed by atoms with Crippen molar-refractivity contribution < 1.29 is 4.79 Å². The standard InChI is InChI=1S/C13H26N4O/c1-10-8-12(10)15-13(18)14-11(2)9-17-6-4-16(3)5-7-17/h10-12H,4-9H2,1-3H3,(H2,14,15,18). The number of urea groups is 1. The molecule has 1 heterocycles. The summed E-state index contributed by atoms with van der Waals surface area (Å²) in [5.41, 5.74) is 0. The Morgan fingerprint density at radius 2 is 1.94 bits per heavy atom. The van der Waals surface area contributed by atoms with Gasteiger partial charge in [-0.2, -0.15) is 0 Å². The van der Waals surface area contributed by atoms with Crippen molar-refractivity contribution in [2.24, 2.45) is 5.92 Å². The van der Waals surface area contributed by atoms with Gasteiger partial charge < -0.3 is 15.5 Å². The predicted molar refractivity (Wildman–Crippen MR) is 72.6 cm³/mol. The molecule has 0 aromatic carbocycles. The highest BCUT2D eigenvalue weighted by Gasteiger charge is 2.34. The summed E-state index contributed by atoms with van der Waals surface area (Å²) in [4.78, 5) is 16.5. The Labute approximate surface area is 110 Å². The van der Waals surface area contributed by atoms with Gasteiger partial charge in [0, 0.05) is 44.8 Å². The fraction of sp³-hybridized carbons (Fsp3) is 0.923. The first-order chi connectivity index (χ1) is 8.54. The van der Waals surface area contributed by atoms with Crippen LogP contribution < -0.4 is 10.6 Å². The lowest BCUT2D eigenvalue weighted by Gasteiger charge is -2.34. The summed E-state index contributed by atoms with van der Waals surface area (Å²) in [6.45, 7) is 9.64. The van der Waals surface area contributed by atoms with Crippen LogP contribution in [0.2, 0.25) is 0 Å². The van der Waals surface area contributed by atoms with E-state index in [9.17, 15) is 4.79 Å². The van der Waals surface area contributed by atoms with Crippen molar-refractivity contribution in [3.63, 3.8) is 0 Å². The molecule has 1 aliphatic carbocycles. The van der Waals surface area contributed by atoms with Crippen LogP contribution in [0.3, 0.4) is 0 Å². The zero-order chi connectivity index (χ0) is 13.1. The number of amides is 2. The smallest absolute Gasteiger partial charge is 0.315 e. The van der Waals surface area contributed by atoms with Crippen LogP contribution in [0, 0.1) is 5.92 Å². The fourth-order valence-corrected chi connectivity index (χ4v) is 2.42. The van der Waals surface area contributed by atoms with Gasteiger partial charge in [0.1, 0.15) is 0 Å². The molecule has 0 aromatic heterocycles. The number of hydrogen-bond donors (Lipinski definition) is 2. The minimum Gasteiger partial charge on any atom is -0.335 e. The highest BCUT2D eigenvalue weighted by atomic mass is 16.2. The molecule has 2 N–H and O–H groups in total. The summed E-state index contributed by atoms with van der Waals surface area (Å²) < 4.78 is 0. The lowest BCUT2D eigenvalue weighted by atomic mass is 10.2. The molecule has 3 unspecified atom stereocenters. The lowest BCUT2D eigenvalue weighted by Crippen LogP contribution is -2.51. The minimum absolute atomic E-state index is 0.00835. The Balaban J connectivity index is 1.62. The third kappa shape index (κ3) is 4.14. The number of rotatable bonds is 4. The van der Waals surface area contributed by atoms with E-state index in [0.717, 1.165) is 39.1 Å². The molecule has 2 rings (SSSR count). The SMILES string of the molecule is CC(CN1CCN(C)CC1)NC(=O)NC1CC1C. The summed E-state index contributed by atoms with van der Waals surface area (Å²) in [6, 6.07) is 0.606. The van der Waals surface area contributed by atoms with E-state index in [4.69, 9.17) is 0 Å². The molecule has 5 heteroatoms. The quantitative estimate of drug-likeness (QED) is 0.760. The molecule has 2 amide bonds. The molecule has 1 saturated heterocycles. The van der Waals surface area contributed by atoms with Gasteiger partial charge in [0.05, 0.1) is 0 Å². The molecule has 3 atom stereocenters. The van der Waals surface area contributed by atoms with Gasteiger partial charge in [-0.15, -0.1) is 0 Å². The molecule has 1 aliphatic heterocycles. The number of likely N-dealkylation sites (N-methyl/N-ethyl adjacent to an activating group) is 1. The highest BCUT2D eigenvalue weighted by molar-refractivity contribution is 5.74. The second kappa shape index (κ2) is 5.89. The number of hydrogen-bond acceptors (Lipinski definition) is 3. The third-order valence-electron chi connectivity index (χ3n) is 3.93. The van der Waals surface area contributed by atoms with Crippen molar-refractivity contribution in [3.8, 4) is 0 Å². The second-order valence-electron chi connectivity index (χ2n) is 5.94. The maximum absolute atomic E-state index is 11.7. The summed E-state index contributed by atoms with van der Waals surface area (Å²) in [7, 11) is 2.16. The maximum atomic E-state index is 11.7. The van der Waals surface area contributed by atoms with Crippen LogP contribution in [-0.4, -0.2) is 67.7 Å². The average Bonchev–Trinajstić information content (AvgIpc) is 2.97. The normalized spacial score (nSPS) is 30.8. The maximum Gasteiger partial charge on any atom is 0.315 e. The van der Waals surface area contributed by atoms with E-state index in [-0.39, 0.29) is 12.1 Å². The van der Waals surface area contributed by atoms with Crippen LogP contribution in [0.15, 0.2) is 0 Å². The topological polar surface area (TPSA) is 47.6 Å². The minimum atomic E-state index is -0.00835. The summed E-state index contributed by atoms with van der Waals surface area (Å²) in [5, 5.41) is 6.03. The van der Waals surface area contributed by atoms with Crippen LogP contribution >= 0.6 is 0 Å². The molecule has 2 fully saturated rings. The number of carbonyl (C=O) groups is 1. The first kappa shape index (κ1) is 13.6.